The highest BCUT2D eigenvalue weighted by atomic mass is 16.6. The smallest absolute Gasteiger partial charge is 0.132 e. The highest BCUT2D eigenvalue weighted by molar-refractivity contribution is 5.40. The van der Waals surface area contributed by atoms with E-state index in [4.69, 9.17) is 9.47 Å². The number of anilines is 1. The molecule has 0 spiro atoms. The maximum absolute atomic E-state index is 10.7. The van der Waals surface area contributed by atoms with E-state index in [0.717, 1.165) is 37.7 Å². The summed E-state index contributed by atoms with van der Waals surface area (Å²) >= 11 is 0. The molecule has 4 rings (SSSR count). The summed E-state index contributed by atoms with van der Waals surface area (Å²) in [5.74, 6) is 2.31. The number of rotatable bonds is 3. The zero-order valence-corrected chi connectivity index (χ0v) is 14.2. The van der Waals surface area contributed by atoms with Gasteiger partial charge in [-0.3, -0.25) is 4.90 Å². The summed E-state index contributed by atoms with van der Waals surface area (Å²) in [6.07, 6.45) is 1.65. The van der Waals surface area contributed by atoms with Gasteiger partial charge in [0.25, 0.3) is 0 Å². The predicted octanol–water partition coefficient (Wildman–Crippen LogP) is -0.0691. The Labute approximate surface area is 142 Å². The predicted molar refractivity (Wildman–Crippen MR) is 89.0 cm³/mol. The van der Waals surface area contributed by atoms with Crippen LogP contribution in [0.25, 0.3) is 0 Å². The molecule has 0 bridgehead atoms. The molecule has 1 N–H and O–H groups in total. The number of aromatic nitrogens is 2. The minimum atomic E-state index is -0.876. The van der Waals surface area contributed by atoms with Gasteiger partial charge < -0.3 is 19.5 Å². The summed E-state index contributed by atoms with van der Waals surface area (Å²) in [4.78, 5) is 13.3. The Balaban J connectivity index is 1.34. The van der Waals surface area contributed by atoms with Crippen LogP contribution in [0.2, 0.25) is 0 Å². The summed E-state index contributed by atoms with van der Waals surface area (Å²) in [5.41, 5.74) is 0.132. The van der Waals surface area contributed by atoms with Crippen LogP contribution in [-0.2, 0) is 9.47 Å². The van der Waals surface area contributed by atoms with Gasteiger partial charge in [0, 0.05) is 44.5 Å². The molecule has 132 valence electrons. The van der Waals surface area contributed by atoms with Crippen LogP contribution >= 0.6 is 0 Å². The van der Waals surface area contributed by atoms with E-state index in [9.17, 15) is 5.11 Å². The van der Waals surface area contributed by atoms with Crippen LogP contribution in [0.5, 0.6) is 0 Å². The number of aliphatic hydroxyl groups is 1. The number of fused-ring (bicyclic) bond motifs is 1. The molecular formula is C17H26N4O3. The third kappa shape index (κ3) is 3.39. The second-order valence-corrected chi connectivity index (χ2v) is 7.47. The average molecular weight is 334 g/mol. The van der Waals surface area contributed by atoms with Gasteiger partial charge in [-0.2, -0.15) is 0 Å². The first kappa shape index (κ1) is 16.2. The molecule has 0 radical (unpaired) electrons. The first-order valence-electron chi connectivity index (χ1n) is 8.75. The first-order valence-corrected chi connectivity index (χ1v) is 8.75. The lowest BCUT2D eigenvalue weighted by Gasteiger charge is -2.31. The van der Waals surface area contributed by atoms with Crippen molar-refractivity contribution in [2.45, 2.75) is 12.5 Å². The standard InChI is InChI=1S/C17H26N4O3/c1-13-4-16(19-12-18-13)21-7-14-5-20(6-15(14)8-21)9-17(22)10-23-2-3-24-11-17/h4,12,14-15,22H,2-3,5-11H2,1H3. The highest BCUT2D eigenvalue weighted by Crippen LogP contribution is 2.34. The zero-order chi connectivity index (χ0) is 16.6. The number of β-amino-alcohol motifs (C(OH)–C–C–N with tert-alkyl or cyclic N) is 1. The van der Waals surface area contributed by atoms with Crippen molar-refractivity contribution in [2.75, 3.05) is 64.1 Å². The van der Waals surface area contributed by atoms with E-state index < -0.39 is 5.60 Å². The fourth-order valence-corrected chi connectivity index (χ4v) is 4.21. The molecule has 3 aliphatic heterocycles. The van der Waals surface area contributed by atoms with Crippen LogP contribution in [0.1, 0.15) is 5.69 Å². The molecule has 7 nitrogen and oxygen atoms in total. The summed E-state index contributed by atoms with van der Waals surface area (Å²) in [6, 6.07) is 2.06. The Bertz CT molecular complexity index is 563. The van der Waals surface area contributed by atoms with Crippen molar-refractivity contribution < 1.29 is 14.6 Å². The molecule has 3 fully saturated rings. The van der Waals surface area contributed by atoms with Gasteiger partial charge in [-0.25, -0.2) is 9.97 Å². The lowest BCUT2D eigenvalue weighted by Crippen LogP contribution is -2.49. The van der Waals surface area contributed by atoms with Gasteiger partial charge in [0.15, 0.2) is 0 Å². The maximum atomic E-state index is 10.7. The van der Waals surface area contributed by atoms with Crippen LogP contribution < -0.4 is 4.90 Å². The molecule has 1 aromatic heterocycles. The fourth-order valence-electron chi connectivity index (χ4n) is 4.21. The Hall–Kier alpha value is -1.28. The third-order valence-electron chi connectivity index (χ3n) is 5.31. The molecule has 0 aromatic carbocycles. The third-order valence-corrected chi connectivity index (χ3v) is 5.31. The van der Waals surface area contributed by atoms with E-state index in [-0.39, 0.29) is 0 Å². The van der Waals surface area contributed by atoms with Crippen LogP contribution in [0.3, 0.4) is 0 Å². The molecule has 0 aliphatic carbocycles. The molecule has 24 heavy (non-hydrogen) atoms. The normalized spacial score (nSPS) is 30.3. The summed E-state index contributed by atoms with van der Waals surface area (Å²) in [5, 5.41) is 10.7. The molecule has 1 aromatic rings. The number of hydrogen-bond donors (Lipinski definition) is 1. The van der Waals surface area contributed by atoms with Gasteiger partial charge in [-0.15, -0.1) is 0 Å². The van der Waals surface area contributed by atoms with Crippen molar-refractivity contribution >= 4 is 5.82 Å². The molecule has 2 unspecified atom stereocenters. The van der Waals surface area contributed by atoms with Crippen molar-refractivity contribution in [3.63, 3.8) is 0 Å². The number of nitrogens with zero attached hydrogens (tertiary/aromatic N) is 4. The Morgan fingerprint density at radius 3 is 2.42 bits per heavy atom. The van der Waals surface area contributed by atoms with Gasteiger partial charge in [0.1, 0.15) is 17.7 Å². The van der Waals surface area contributed by atoms with Crippen LogP contribution in [-0.4, -0.2) is 84.7 Å². The lowest BCUT2D eigenvalue weighted by molar-refractivity contribution is -0.0719. The minimum Gasteiger partial charge on any atom is -0.384 e. The Morgan fingerprint density at radius 2 is 1.79 bits per heavy atom. The minimum absolute atomic E-state index is 0.366. The summed E-state index contributed by atoms with van der Waals surface area (Å²) in [7, 11) is 0. The van der Waals surface area contributed by atoms with Crippen molar-refractivity contribution in [3.05, 3.63) is 18.1 Å². The molecule has 3 aliphatic rings. The van der Waals surface area contributed by atoms with Crippen molar-refractivity contribution in [2.24, 2.45) is 11.8 Å². The van der Waals surface area contributed by atoms with Crippen LogP contribution in [0, 0.1) is 18.8 Å². The van der Waals surface area contributed by atoms with Gasteiger partial charge in [0.05, 0.1) is 26.4 Å². The molecule has 0 amide bonds. The van der Waals surface area contributed by atoms with E-state index in [1.165, 1.54) is 0 Å². The highest BCUT2D eigenvalue weighted by Gasteiger charge is 2.43. The van der Waals surface area contributed by atoms with Crippen molar-refractivity contribution in [3.8, 4) is 0 Å². The fraction of sp³-hybridized carbons (Fsp3) is 0.765. The quantitative estimate of drug-likeness (QED) is 0.830. The van der Waals surface area contributed by atoms with Crippen LogP contribution in [0.4, 0.5) is 5.82 Å². The molecule has 0 saturated carbocycles. The Morgan fingerprint density at radius 1 is 1.12 bits per heavy atom. The topological polar surface area (TPSA) is 71.0 Å². The molecule has 3 saturated heterocycles. The average Bonchev–Trinajstić information content (AvgIpc) is 3.01. The van der Waals surface area contributed by atoms with Crippen molar-refractivity contribution in [1.82, 2.24) is 14.9 Å². The first-order chi connectivity index (χ1) is 11.6. The van der Waals surface area contributed by atoms with Gasteiger partial charge in [-0.1, -0.05) is 0 Å². The molecular weight excluding hydrogens is 308 g/mol. The lowest BCUT2D eigenvalue weighted by atomic mass is 10.0. The molecule has 2 atom stereocenters. The van der Waals surface area contributed by atoms with E-state index in [1.54, 1.807) is 6.33 Å². The van der Waals surface area contributed by atoms with E-state index in [2.05, 4.69) is 25.8 Å². The summed E-state index contributed by atoms with van der Waals surface area (Å²) < 4.78 is 11.0. The number of ether oxygens (including phenoxy) is 2. The second kappa shape index (κ2) is 6.55. The monoisotopic (exact) mass is 334 g/mol. The van der Waals surface area contributed by atoms with Gasteiger partial charge >= 0.3 is 0 Å². The van der Waals surface area contributed by atoms with Crippen molar-refractivity contribution in [1.29, 1.82) is 0 Å². The van der Waals surface area contributed by atoms with Gasteiger partial charge in [0.2, 0.25) is 0 Å². The number of aryl methyl sites for hydroxylation is 1. The van der Waals surface area contributed by atoms with E-state index in [1.807, 2.05) is 6.92 Å². The maximum Gasteiger partial charge on any atom is 0.132 e. The second-order valence-electron chi connectivity index (χ2n) is 7.47. The summed E-state index contributed by atoms with van der Waals surface area (Å²) in [6.45, 7) is 8.61. The van der Waals surface area contributed by atoms with E-state index >= 15 is 0 Å². The SMILES string of the molecule is Cc1cc(N2CC3CN(CC4(O)COCCOC4)CC3C2)ncn1. The van der Waals surface area contributed by atoms with Gasteiger partial charge in [-0.05, 0) is 18.8 Å². The number of likely N-dealkylation sites (tertiary alicyclic amines) is 1. The molecule has 7 heteroatoms. The molecule has 4 heterocycles. The van der Waals surface area contributed by atoms with Crippen LogP contribution in [0.15, 0.2) is 12.4 Å². The zero-order valence-electron chi connectivity index (χ0n) is 14.2. The Kier molecular flexibility index (Phi) is 4.42. The largest absolute Gasteiger partial charge is 0.384 e. The number of hydrogen-bond acceptors (Lipinski definition) is 7. The van der Waals surface area contributed by atoms with E-state index in [0.29, 0.717) is 44.8 Å².